The van der Waals surface area contributed by atoms with Crippen molar-refractivity contribution in [1.29, 1.82) is 0 Å². The molecule has 2 aromatic carbocycles. The van der Waals surface area contributed by atoms with Crippen LogP contribution in [-0.2, 0) is 4.57 Å². The maximum atomic E-state index is 12.2. The number of hydrogen-bond acceptors (Lipinski definition) is 2. The van der Waals surface area contributed by atoms with Crippen LogP contribution in [0.15, 0.2) is 60.7 Å². The molecule has 0 bridgehead atoms. The lowest BCUT2D eigenvalue weighted by atomic mass is 9.86. The summed E-state index contributed by atoms with van der Waals surface area (Å²) >= 11 is 0. The van der Waals surface area contributed by atoms with E-state index in [1.165, 1.54) is 32.1 Å². The second-order valence-electron chi connectivity index (χ2n) is 7.82. The summed E-state index contributed by atoms with van der Waals surface area (Å²) in [7, 11) is -3.40. The van der Waals surface area contributed by atoms with Gasteiger partial charge in [-0.2, -0.15) is 0 Å². The molecule has 0 fully saturated rings. The summed E-state index contributed by atoms with van der Waals surface area (Å²) in [6.07, 6.45) is 6.69. The third-order valence-corrected chi connectivity index (χ3v) is 6.97. The molecule has 0 aliphatic rings. The van der Waals surface area contributed by atoms with Crippen LogP contribution in [0.3, 0.4) is 0 Å². The molecule has 0 aliphatic carbocycles. The SMILES string of the molecule is CCCCCCC(C)C(C)(C)N.O=P(O)(c1ccccc1)c1ccccc1. The lowest BCUT2D eigenvalue weighted by Crippen LogP contribution is -2.39. The summed E-state index contributed by atoms with van der Waals surface area (Å²) in [5, 5.41) is 0.937. The highest BCUT2D eigenvalue weighted by atomic mass is 31.2. The summed E-state index contributed by atoms with van der Waals surface area (Å²) in [5.74, 6) is 0.648. The monoisotopic (exact) mass is 389 g/mol. The fraction of sp³-hybridized carbons (Fsp3) is 0.478. The first-order valence-corrected chi connectivity index (χ1v) is 11.6. The van der Waals surface area contributed by atoms with Gasteiger partial charge in [0.2, 0.25) is 0 Å². The third kappa shape index (κ3) is 8.43. The highest BCUT2D eigenvalue weighted by Gasteiger charge is 2.23. The number of hydrogen-bond donors (Lipinski definition) is 2. The quantitative estimate of drug-likeness (QED) is 0.479. The molecule has 2 rings (SSSR count). The standard InChI is InChI=1S/C12H11O2P.C11H25N/c13-15(14,11-7-3-1-4-8-11)12-9-5-2-6-10-12;1-5-6-7-8-9-10(2)11(3,4)12/h1-10H,(H,13,14);10H,5-9,12H2,1-4H3. The zero-order valence-corrected chi connectivity index (χ0v) is 18.2. The van der Waals surface area contributed by atoms with Gasteiger partial charge in [0.05, 0.1) is 0 Å². The minimum absolute atomic E-state index is 0.00617. The van der Waals surface area contributed by atoms with Crippen molar-refractivity contribution in [1.82, 2.24) is 0 Å². The van der Waals surface area contributed by atoms with Gasteiger partial charge < -0.3 is 10.6 Å². The Morgan fingerprint density at radius 1 is 0.926 bits per heavy atom. The Labute approximate surface area is 165 Å². The molecule has 2 aromatic rings. The Hall–Kier alpha value is -1.41. The molecule has 0 saturated heterocycles. The van der Waals surface area contributed by atoms with Crippen molar-refractivity contribution in [2.45, 2.75) is 65.3 Å². The molecule has 3 nitrogen and oxygen atoms in total. The van der Waals surface area contributed by atoms with Gasteiger partial charge in [-0.3, -0.25) is 4.57 Å². The average molecular weight is 390 g/mol. The van der Waals surface area contributed by atoms with Gasteiger partial charge in [0.15, 0.2) is 0 Å². The smallest absolute Gasteiger partial charge is 0.258 e. The first kappa shape index (κ1) is 23.6. The summed E-state index contributed by atoms with van der Waals surface area (Å²) in [4.78, 5) is 10.0. The van der Waals surface area contributed by atoms with E-state index in [0.29, 0.717) is 16.5 Å². The van der Waals surface area contributed by atoms with Gasteiger partial charge in [0, 0.05) is 16.1 Å². The van der Waals surface area contributed by atoms with Crippen LogP contribution in [0.5, 0.6) is 0 Å². The zero-order valence-electron chi connectivity index (χ0n) is 17.3. The minimum atomic E-state index is -3.40. The van der Waals surface area contributed by atoms with Crippen LogP contribution in [0.2, 0.25) is 0 Å². The summed E-state index contributed by atoms with van der Waals surface area (Å²) in [5.41, 5.74) is 6.00. The van der Waals surface area contributed by atoms with Crippen molar-refractivity contribution in [2.75, 3.05) is 0 Å². The lowest BCUT2D eigenvalue weighted by molar-refractivity contribution is 0.317. The van der Waals surface area contributed by atoms with E-state index in [0.717, 1.165) is 0 Å². The molecule has 3 N–H and O–H groups in total. The highest BCUT2D eigenvalue weighted by Crippen LogP contribution is 2.37. The maximum absolute atomic E-state index is 12.2. The van der Waals surface area contributed by atoms with Crippen LogP contribution in [0, 0.1) is 5.92 Å². The molecule has 0 spiro atoms. The van der Waals surface area contributed by atoms with E-state index in [4.69, 9.17) is 5.73 Å². The molecule has 0 aromatic heterocycles. The molecule has 0 aliphatic heterocycles. The third-order valence-electron chi connectivity index (χ3n) is 4.97. The van der Waals surface area contributed by atoms with E-state index in [2.05, 4.69) is 27.7 Å². The number of unbranched alkanes of at least 4 members (excludes halogenated alkanes) is 3. The topological polar surface area (TPSA) is 63.3 Å². The summed E-state index contributed by atoms with van der Waals surface area (Å²) in [6, 6.07) is 17.4. The molecule has 1 unspecified atom stereocenters. The van der Waals surface area contributed by atoms with E-state index in [1.54, 1.807) is 48.5 Å². The molecule has 0 saturated carbocycles. The van der Waals surface area contributed by atoms with Crippen LogP contribution in [0.25, 0.3) is 0 Å². The van der Waals surface area contributed by atoms with Crippen LogP contribution in [0.4, 0.5) is 0 Å². The molecule has 1 atom stereocenters. The van der Waals surface area contributed by atoms with Gasteiger partial charge in [-0.25, -0.2) is 0 Å². The van der Waals surface area contributed by atoms with Crippen molar-refractivity contribution in [3.8, 4) is 0 Å². The van der Waals surface area contributed by atoms with Gasteiger partial charge in [0.25, 0.3) is 7.37 Å². The van der Waals surface area contributed by atoms with Crippen LogP contribution >= 0.6 is 7.37 Å². The molecule has 0 heterocycles. The fourth-order valence-corrected chi connectivity index (χ4v) is 4.11. The van der Waals surface area contributed by atoms with Gasteiger partial charge >= 0.3 is 0 Å². The van der Waals surface area contributed by atoms with E-state index in [9.17, 15) is 9.46 Å². The maximum Gasteiger partial charge on any atom is 0.258 e. The van der Waals surface area contributed by atoms with E-state index in [1.807, 2.05) is 12.1 Å². The van der Waals surface area contributed by atoms with Gasteiger partial charge in [0.1, 0.15) is 0 Å². The van der Waals surface area contributed by atoms with Crippen LogP contribution in [0.1, 0.15) is 59.8 Å². The van der Waals surface area contributed by atoms with E-state index in [-0.39, 0.29) is 5.54 Å². The van der Waals surface area contributed by atoms with Crippen LogP contribution < -0.4 is 16.3 Å². The largest absolute Gasteiger partial charge is 0.338 e. The summed E-state index contributed by atoms with van der Waals surface area (Å²) in [6.45, 7) is 8.75. The average Bonchev–Trinajstić information content (AvgIpc) is 2.66. The number of rotatable bonds is 8. The highest BCUT2D eigenvalue weighted by molar-refractivity contribution is 7.73. The molecule has 0 radical (unpaired) electrons. The molecule has 27 heavy (non-hydrogen) atoms. The molecule has 4 heteroatoms. The Bertz CT molecular complexity index is 637. The predicted molar refractivity (Wildman–Crippen MR) is 118 cm³/mol. The van der Waals surface area contributed by atoms with Crippen molar-refractivity contribution in [2.24, 2.45) is 11.7 Å². The van der Waals surface area contributed by atoms with Gasteiger partial charge in [-0.15, -0.1) is 0 Å². The van der Waals surface area contributed by atoms with Gasteiger partial charge in [-0.05, 0) is 50.5 Å². The minimum Gasteiger partial charge on any atom is -0.338 e. The first-order chi connectivity index (χ1) is 12.7. The second-order valence-corrected chi connectivity index (χ2v) is 10.0. The predicted octanol–water partition coefficient (Wildman–Crippen LogP) is 5.24. The van der Waals surface area contributed by atoms with E-state index < -0.39 is 7.37 Å². The lowest BCUT2D eigenvalue weighted by Gasteiger charge is -2.27. The van der Waals surface area contributed by atoms with Crippen LogP contribution in [-0.4, -0.2) is 10.4 Å². The second kappa shape index (κ2) is 11.4. The number of nitrogens with two attached hydrogens (primary N) is 1. The first-order valence-electron chi connectivity index (χ1n) is 9.92. The molecular weight excluding hydrogens is 353 g/mol. The fourth-order valence-electron chi connectivity index (χ4n) is 2.66. The summed E-state index contributed by atoms with van der Waals surface area (Å²) < 4.78 is 12.2. The Kier molecular flexibility index (Phi) is 10.0. The van der Waals surface area contributed by atoms with Crippen molar-refractivity contribution in [3.63, 3.8) is 0 Å². The molecule has 0 amide bonds. The molecular formula is C23H36NO2P. The Morgan fingerprint density at radius 2 is 1.37 bits per heavy atom. The van der Waals surface area contributed by atoms with Crippen molar-refractivity contribution < 1.29 is 9.46 Å². The Balaban J connectivity index is 0.000000279. The normalized spacial score (nSPS) is 12.8. The molecule has 150 valence electrons. The zero-order chi connectivity index (χ0) is 20.3. The number of benzene rings is 2. The van der Waals surface area contributed by atoms with E-state index >= 15 is 0 Å². The van der Waals surface area contributed by atoms with Crippen molar-refractivity contribution >= 4 is 18.0 Å². The van der Waals surface area contributed by atoms with Crippen molar-refractivity contribution in [3.05, 3.63) is 60.7 Å². The Morgan fingerprint density at radius 3 is 1.74 bits per heavy atom. The van der Waals surface area contributed by atoms with Gasteiger partial charge in [-0.1, -0.05) is 75.9 Å².